The van der Waals surface area contributed by atoms with Gasteiger partial charge in [-0.15, -0.1) is 0 Å². The summed E-state index contributed by atoms with van der Waals surface area (Å²) < 4.78 is 27.0. The molecular weight excluding hydrogens is 260 g/mol. The quantitative estimate of drug-likeness (QED) is 0.822. The SMILES string of the molecule is CN1C[C@H]2CC[C@@H]1CN(S(=O)(=O)c1ccccc1)C2. The number of likely N-dealkylation sites (N-methyl/N-ethyl adjacent to an activating group) is 1. The third kappa shape index (κ3) is 2.42. The van der Waals surface area contributed by atoms with Crippen molar-refractivity contribution in [2.24, 2.45) is 5.92 Å². The number of nitrogens with zero attached hydrogens (tertiary/aromatic N) is 2. The van der Waals surface area contributed by atoms with E-state index in [1.165, 1.54) is 0 Å². The van der Waals surface area contributed by atoms with Gasteiger partial charge in [-0.3, -0.25) is 0 Å². The molecule has 104 valence electrons. The topological polar surface area (TPSA) is 40.6 Å². The van der Waals surface area contributed by atoms with E-state index in [-0.39, 0.29) is 0 Å². The van der Waals surface area contributed by atoms with Crippen LogP contribution < -0.4 is 0 Å². The van der Waals surface area contributed by atoms with Crippen molar-refractivity contribution in [1.82, 2.24) is 9.21 Å². The molecule has 3 aliphatic rings. The molecule has 0 saturated carbocycles. The highest BCUT2D eigenvalue weighted by Crippen LogP contribution is 2.29. The molecule has 2 atom stereocenters. The summed E-state index contributed by atoms with van der Waals surface area (Å²) in [5.74, 6) is 0.474. The Labute approximate surface area is 115 Å². The van der Waals surface area contributed by atoms with Crippen LogP contribution in [0.5, 0.6) is 0 Å². The second kappa shape index (κ2) is 4.89. The highest BCUT2D eigenvalue weighted by atomic mass is 32.2. The van der Waals surface area contributed by atoms with Gasteiger partial charge >= 0.3 is 0 Å². The van der Waals surface area contributed by atoms with E-state index in [0.29, 0.717) is 29.9 Å². The van der Waals surface area contributed by atoms with Crippen molar-refractivity contribution in [1.29, 1.82) is 0 Å². The molecule has 3 saturated heterocycles. The fourth-order valence-electron chi connectivity index (χ4n) is 3.21. The third-order valence-electron chi connectivity index (χ3n) is 4.33. The Balaban J connectivity index is 1.90. The highest BCUT2D eigenvalue weighted by molar-refractivity contribution is 7.89. The number of fused-ring (bicyclic) bond motifs is 4. The van der Waals surface area contributed by atoms with Crippen LogP contribution in [0, 0.1) is 5.92 Å². The molecule has 2 bridgehead atoms. The minimum atomic E-state index is -3.33. The minimum absolute atomic E-state index is 0.372. The molecule has 0 spiro atoms. The molecule has 0 aliphatic carbocycles. The second-order valence-corrected chi connectivity index (χ2v) is 7.61. The molecule has 4 rings (SSSR count). The Morgan fingerprint density at radius 3 is 2.47 bits per heavy atom. The van der Waals surface area contributed by atoms with Crippen LogP contribution in [0.1, 0.15) is 12.8 Å². The molecule has 1 aromatic rings. The summed E-state index contributed by atoms with van der Waals surface area (Å²) in [5, 5.41) is 0. The molecule has 3 aliphatic heterocycles. The van der Waals surface area contributed by atoms with Crippen molar-refractivity contribution in [3.8, 4) is 0 Å². The average molecular weight is 280 g/mol. The first-order valence-corrected chi connectivity index (χ1v) is 8.27. The van der Waals surface area contributed by atoms with Crippen molar-refractivity contribution < 1.29 is 8.42 Å². The smallest absolute Gasteiger partial charge is 0.243 e. The Bertz CT molecular complexity index is 544. The summed E-state index contributed by atoms with van der Waals surface area (Å²) in [7, 11) is -1.22. The predicted molar refractivity (Wildman–Crippen MR) is 74.3 cm³/mol. The van der Waals surface area contributed by atoms with Gasteiger partial charge in [0.05, 0.1) is 4.90 Å². The van der Waals surface area contributed by atoms with Gasteiger partial charge in [-0.1, -0.05) is 18.2 Å². The van der Waals surface area contributed by atoms with E-state index in [4.69, 9.17) is 0 Å². The predicted octanol–water partition coefficient (Wildman–Crippen LogP) is 1.40. The van der Waals surface area contributed by atoms with Gasteiger partial charge in [0.1, 0.15) is 0 Å². The van der Waals surface area contributed by atoms with Crippen LogP contribution in [0.25, 0.3) is 0 Å². The first-order chi connectivity index (χ1) is 9.07. The van der Waals surface area contributed by atoms with Gasteiger partial charge < -0.3 is 4.90 Å². The van der Waals surface area contributed by atoms with Gasteiger partial charge in [-0.05, 0) is 37.9 Å². The summed E-state index contributed by atoms with van der Waals surface area (Å²) in [6.07, 6.45) is 2.26. The number of hydrogen-bond donors (Lipinski definition) is 0. The Hall–Kier alpha value is -0.910. The molecule has 0 unspecified atom stereocenters. The maximum atomic E-state index is 12.7. The molecule has 3 heterocycles. The molecule has 1 aromatic carbocycles. The molecule has 0 radical (unpaired) electrons. The van der Waals surface area contributed by atoms with Gasteiger partial charge in [0.25, 0.3) is 0 Å². The van der Waals surface area contributed by atoms with Gasteiger partial charge in [0.2, 0.25) is 10.0 Å². The van der Waals surface area contributed by atoms with E-state index in [9.17, 15) is 8.42 Å². The second-order valence-electron chi connectivity index (χ2n) is 5.67. The highest BCUT2D eigenvalue weighted by Gasteiger charge is 2.37. The molecule has 0 aromatic heterocycles. The van der Waals surface area contributed by atoms with Crippen LogP contribution in [0.15, 0.2) is 35.2 Å². The maximum absolute atomic E-state index is 12.7. The van der Waals surface area contributed by atoms with Crippen LogP contribution in [0.2, 0.25) is 0 Å². The van der Waals surface area contributed by atoms with Gasteiger partial charge in [-0.2, -0.15) is 4.31 Å². The molecule has 0 N–H and O–H groups in total. The van der Waals surface area contributed by atoms with E-state index in [1.54, 1.807) is 28.6 Å². The Morgan fingerprint density at radius 1 is 1.05 bits per heavy atom. The van der Waals surface area contributed by atoms with Crippen LogP contribution in [-0.2, 0) is 10.0 Å². The molecule has 5 heteroatoms. The van der Waals surface area contributed by atoms with Crippen LogP contribution in [0.4, 0.5) is 0 Å². The number of benzene rings is 1. The molecule has 0 amide bonds. The number of rotatable bonds is 2. The summed E-state index contributed by atoms with van der Waals surface area (Å²) in [6, 6.07) is 9.16. The minimum Gasteiger partial charge on any atom is -0.302 e. The summed E-state index contributed by atoms with van der Waals surface area (Å²) in [4.78, 5) is 2.73. The van der Waals surface area contributed by atoms with Crippen LogP contribution >= 0.6 is 0 Å². The lowest BCUT2D eigenvalue weighted by atomic mass is 9.96. The van der Waals surface area contributed by atoms with Gasteiger partial charge in [0.15, 0.2) is 0 Å². The fraction of sp³-hybridized carbons (Fsp3) is 0.571. The number of piperidine rings is 1. The number of hydrogen-bond acceptors (Lipinski definition) is 3. The first kappa shape index (κ1) is 13.1. The Kier molecular flexibility index (Phi) is 3.37. The zero-order valence-electron chi connectivity index (χ0n) is 11.2. The maximum Gasteiger partial charge on any atom is 0.243 e. The lowest BCUT2D eigenvalue weighted by Gasteiger charge is -2.32. The Morgan fingerprint density at radius 2 is 1.79 bits per heavy atom. The fourth-order valence-corrected chi connectivity index (χ4v) is 4.79. The molecule has 3 fully saturated rings. The van der Waals surface area contributed by atoms with Crippen molar-refractivity contribution in [2.75, 3.05) is 26.7 Å². The molecule has 4 nitrogen and oxygen atoms in total. The van der Waals surface area contributed by atoms with Crippen molar-refractivity contribution in [3.05, 3.63) is 30.3 Å². The van der Waals surface area contributed by atoms with Crippen molar-refractivity contribution in [3.63, 3.8) is 0 Å². The van der Waals surface area contributed by atoms with Crippen molar-refractivity contribution in [2.45, 2.75) is 23.8 Å². The van der Waals surface area contributed by atoms with Gasteiger partial charge in [-0.25, -0.2) is 8.42 Å². The molecular formula is C14H20N2O2S. The van der Waals surface area contributed by atoms with Crippen LogP contribution in [0.3, 0.4) is 0 Å². The standard InChI is InChI=1S/C14H20N2O2S/c1-15-9-12-7-8-13(15)11-16(10-12)19(17,18)14-5-3-2-4-6-14/h2-6,12-13H,7-11H2,1H3/t12-,13-/m1/s1. The summed E-state index contributed by atoms with van der Waals surface area (Å²) in [5.41, 5.74) is 0. The normalized spacial score (nSPS) is 29.3. The van der Waals surface area contributed by atoms with Crippen LogP contribution in [-0.4, -0.2) is 50.3 Å². The lowest BCUT2D eigenvalue weighted by molar-refractivity contribution is 0.168. The van der Waals surface area contributed by atoms with E-state index in [1.807, 2.05) is 6.07 Å². The summed E-state index contributed by atoms with van der Waals surface area (Å²) in [6.45, 7) is 2.31. The van der Waals surface area contributed by atoms with Crippen molar-refractivity contribution >= 4 is 10.0 Å². The van der Waals surface area contributed by atoms with E-state index >= 15 is 0 Å². The third-order valence-corrected chi connectivity index (χ3v) is 6.18. The molecule has 19 heavy (non-hydrogen) atoms. The zero-order chi connectivity index (χ0) is 13.5. The number of sulfonamides is 1. The largest absolute Gasteiger partial charge is 0.302 e. The summed E-state index contributed by atoms with van der Waals surface area (Å²) >= 11 is 0. The monoisotopic (exact) mass is 280 g/mol. The van der Waals surface area contributed by atoms with E-state index in [0.717, 1.165) is 19.4 Å². The van der Waals surface area contributed by atoms with E-state index < -0.39 is 10.0 Å². The van der Waals surface area contributed by atoms with Gasteiger partial charge in [0, 0.05) is 25.7 Å². The average Bonchev–Trinajstić information content (AvgIpc) is 2.71. The zero-order valence-corrected chi connectivity index (χ0v) is 12.0. The van der Waals surface area contributed by atoms with E-state index in [2.05, 4.69) is 11.9 Å². The lowest BCUT2D eigenvalue weighted by Crippen LogP contribution is -2.41. The first-order valence-electron chi connectivity index (χ1n) is 6.83.